The van der Waals surface area contributed by atoms with Gasteiger partial charge in [-0.15, -0.1) is 11.3 Å². The first-order valence-corrected chi connectivity index (χ1v) is 7.71. The normalized spacial score (nSPS) is 12.7. The zero-order chi connectivity index (χ0) is 14.7. The van der Waals surface area contributed by atoms with E-state index in [0.717, 1.165) is 5.56 Å². The fourth-order valence-electron chi connectivity index (χ4n) is 2.29. The number of halogens is 1. The van der Waals surface area contributed by atoms with Gasteiger partial charge in [0, 0.05) is 17.0 Å². The fourth-order valence-corrected chi connectivity index (χ4v) is 3.00. The molecule has 1 heterocycles. The number of hydrogen-bond acceptors (Lipinski definition) is 3. The molecule has 0 bridgehead atoms. The standard InChI is InChI=1S/C16H21FN2S/c1-11(2)19(10-13-6-5-9-20-13)16-14(12(3)18)7-4-8-15(16)17/h4-9,11-12H,10,18H2,1-3H3. The van der Waals surface area contributed by atoms with Crippen LogP contribution in [0.4, 0.5) is 10.1 Å². The van der Waals surface area contributed by atoms with Crippen LogP contribution in [0.3, 0.4) is 0 Å². The molecule has 0 aliphatic heterocycles. The zero-order valence-corrected chi connectivity index (χ0v) is 13.0. The second-order valence-electron chi connectivity index (χ2n) is 5.27. The maximum Gasteiger partial charge on any atom is 0.146 e. The van der Waals surface area contributed by atoms with E-state index in [1.54, 1.807) is 17.4 Å². The van der Waals surface area contributed by atoms with Gasteiger partial charge in [-0.25, -0.2) is 4.39 Å². The molecule has 0 aliphatic carbocycles. The third-order valence-electron chi connectivity index (χ3n) is 3.33. The van der Waals surface area contributed by atoms with Crippen molar-refractivity contribution in [1.82, 2.24) is 0 Å². The molecular formula is C16H21FN2S. The molecule has 0 spiro atoms. The molecule has 0 saturated heterocycles. The summed E-state index contributed by atoms with van der Waals surface area (Å²) in [5.74, 6) is -0.204. The number of thiophene rings is 1. The largest absolute Gasteiger partial charge is 0.361 e. The van der Waals surface area contributed by atoms with Crippen molar-refractivity contribution in [3.63, 3.8) is 0 Å². The van der Waals surface area contributed by atoms with Crippen LogP contribution in [0.1, 0.15) is 37.3 Å². The van der Waals surface area contributed by atoms with Crippen molar-refractivity contribution < 1.29 is 4.39 Å². The molecule has 0 fully saturated rings. The number of nitrogens with two attached hydrogens (primary N) is 1. The molecule has 108 valence electrons. The number of anilines is 1. The summed E-state index contributed by atoms with van der Waals surface area (Å²) in [6.07, 6.45) is 0. The van der Waals surface area contributed by atoms with Crippen LogP contribution in [0.25, 0.3) is 0 Å². The Balaban J connectivity index is 2.44. The average Bonchev–Trinajstić information content (AvgIpc) is 2.88. The highest BCUT2D eigenvalue weighted by molar-refractivity contribution is 7.09. The van der Waals surface area contributed by atoms with Crippen LogP contribution in [0.2, 0.25) is 0 Å². The van der Waals surface area contributed by atoms with Crippen LogP contribution in [0.15, 0.2) is 35.7 Å². The maximum absolute atomic E-state index is 14.4. The maximum atomic E-state index is 14.4. The molecule has 1 atom stereocenters. The van der Waals surface area contributed by atoms with E-state index in [4.69, 9.17) is 5.73 Å². The van der Waals surface area contributed by atoms with Gasteiger partial charge in [0.25, 0.3) is 0 Å². The van der Waals surface area contributed by atoms with Gasteiger partial charge < -0.3 is 10.6 Å². The van der Waals surface area contributed by atoms with Crippen LogP contribution in [0.5, 0.6) is 0 Å². The van der Waals surface area contributed by atoms with E-state index < -0.39 is 0 Å². The van der Waals surface area contributed by atoms with Gasteiger partial charge in [0.2, 0.25) is 0 Å². The van der Waals surface area contributed by atoms with Crippen molar-refractivity contribution in [3.05, 3.63) is 52.0 Å². The van der Waals surface area contributed by atoms with E-state index in [2.05, 4.69) is 24.8 Å². The topological polar surface area (TPSA) is 29.3 Å². The highest BCUT2D eigenvalue weighted by Gasteiger charge is 2.20. The van der Waals surface area contributed by atoms with Gasteiger partial charge in [0.1, 0.15) is 5.82 Å². The number of benzene rings is 1. The summed E-state index contributed by atoms with van der Waals surface area (Å²) in [7, 11) is 0. The molecule has 20 heavy (non-hydrogen) atoms. The predicted octanol–water partition coefficient (Wildman–Crippen LogP) is 4.32. The first kappa shape index (κ1) is 15.0. The lowest BCUT2D eigenvalue weighted by Gasteiger charge is -2.31. The van der Waals surface area contributed by atoms with Crippen molar-refractivity contribution in [2.75, 3.05) is 4.90 Å². The number of para-hydroxylation sites is 1. The highest BCUT2D eigenvalue weighted by atomic mass is 32.1. The highest BCUT2D eigenvalue weighted by Crippen LogP contribution is 2.31. The first-order chi connectivity index (χ1) is 9.50. The Kier molecular flexibility index (Phi) is 4.78. The third kappa shape index (κ3) is 3.19. The van der Waals surface area contributed by atoms with E-state index in [9.17, 15) is 4.39 Å². The summed E-state index contributed by atoms with van der Waals surface area (Å²) < 4.78 is 14.4. The molecular weight excluding hydrogens is 271 g/mol. The molecule has 2 nitrogen and oxygen atoms in total. The van der Waals surface area contributed by atoms with E-state index in [0.29, 0.717) is 12.2 Å². The Morgan fingerprint density at radius 1 is 1.20 bits per heavy atom. The molecule has 4 heteroatoms. The molecule has 0 aliphatic rings. The Morgan fingerprint density at radius 3 is 2.50 bits per heavy atom. The number of nitrogens with zero attached hydrogens (tertiary/aromatic N) is 1. The molecule has 0 saturated carbocycles. The van der Waals surface area contributed by atoms with Gasteiger partial charge >= 0.3 is 0 Å². The Morgan fingerprint density at radius 2 is 1.95 bits per heavy atom. The van der Waals surface area contributed by atoms with Crippen molar-refractivity contribution in [3.8, 4) is 0 Å². The molecule has 1 aromatic heterocycles. The SMILES string of the molecule is CC(N)c1cccc(F)c1N(Cc1cccs1)C(C)C. The lowest BCUT2D eigenvalue weighted by atomic mass is 10.0. The minimum atomic E-state index is -0.204. The van der Waals surface area contributed by atoms with E-state index in [1.165, 1.54) is 10.9 Å². The van der Waals surface area contributed by atoms with E-state index in [-0.39, 0.29) is 17.9 Å². The van der Waals surface area contributed by atoms with Gasteiger partial charge in [0.15, 0.2) is 0 Å². The predicted molar refractivity (Wildman–Crippen MR) is 84.6 cm³/mol. The van der Waals surface area contributed by atoms with E-state index in [1.807, 2.05) is 24.4 Å². The van der Waals surface area contributed by atoms with Gasteiger partial charge in [-0.3, -0.25) is 0 Å². The van der Waals surface area contributed by atoms with Gasteiger partial charge in [-0.2, -0.15) is 0 Å². The summed E-state index contributed by atoms with van der Waals surface area (Å²) in [5, 5.41) is 2.04. The van der Waals surface area contributed by atoms with Crippen LogP contribution >= 0.6 is 11.3 Å². The van der Waals surface area contributed by atoms with Crippen LogP contribution in [0, 0.1) is 5.82 Å². The Labute approximate surface area is 124 Å². The smallest absolute Gasteiger partial charge is 0.146 e. The van der Waals surface area contributed by atoms with Gasteiger partial charge in [0.05, 0.1) is 12.2 Å². The van der Waals surface area contributed by atoms with E-state index >= 15 is 0 Å². The van der Waals surface area contributed by atoms with Crippen molar-refractivity contribution in [2.24, 2.45) is 5.73 Å². The Hall–Kier alpha value is -1.39. The average molecular weight is 292 g/mol. The molecule has 2 rings (SSSR count). The van der Waals surface area contributed by atoms with Crippen LogP contribution in [-0.4, -0.2) is 6.04 Å². The summed E-state index contributed by atoms with van der Waals surface area (Å²) in [6, 6.07) is 9.24. The molecule has 2 aromatic rings. The molecule has 1 unspecified atom stereocenters. The second-order valence-corrected chi connectivity index (χ2v) is 6.30. The monoisotopic (exact) mass is 292 g/mol. The third-order valence-corrected chi connectivity index (χ3v) is 4.19. The van der Waals surface area contributed by atoms with Crippen molar-refractivity contribution >= 4 is 17.0 Å². The van der Waals surface area contributed by atoms with Crippen molar-refractivity contribution in [1.29, 1.82) is 0 Å². The van der Waals surface area contributed by atoms with Crippen LogP contribution < -0.4 is 10.6 Å². The summed E-state index contributed by atoms with van der Waals surface area (Å²) in [6.45, 7) is 6.74. The molecule has 0 radical (unpaired) electrons. The minimum Gasteiger partial charge on any atom is -0.361 e. The zero-order valence-electron chi connectivity index (χ0n) is 12.1. The molecule has 0 amide bonds. The number of hydrogen-bond donors (Lipinski definition) is 1. The van der Waals surface area contributed by atoms with Gasteiger partial charge in [-0.1, -0.05) is 18.2 Å². The number of rotatable bonds is 5. The summed E-state index contributed by atoms with van der Waals surface area (Å²) >= 11 is 1.69. The second kappa shape index (κ2) is 6.37. The molecule has 2 N–H and O–H groups in total. The van der Waals surface area contributed by atoms with Gasteiger partial charge in [-0.05, 0) is 43.8 Å². The summed E-state index contributed by atoms with van der Waals surface area (Å²) in [4.78, 5) is 3.30. The minimum absolute atomic E-state index is 0.190. The Bertz CT molecular complexity index is 550. The quantitative estimate of drug-likeness (QED) is 0.889. The summed E-state index contributed by atoms with van der Waals surface area (Å²) in [5.41, 5.74) is 7.49. The lowest BCUT2D eigenvalue weighted by molar-refractivity contribution is 0.592. The van der Waals surface area contributed by atoms with Crippen LogP contribution in [-0.2, 0) is 6.54 Å². The lowest BCUT2D eigenvalue weighted by Crippen LogP contribution is -2.32. The fraction of sp³-hybridized carbons (Fsp3) is 0.375. The molecule has 1 aromatic carbocycles. The van der Waals surface area contributed by atoms with Crippen molar-refractivity contribution in [2.45, 2.75) is 39.4 Å². The first-order valence-electron chi connectivity index (χ1n) is 6.83.